The molecule has 0 fully saturated rings. The SMILES string of the molecule is CCOc1ccc(C=NNC(=O)c2ccc(-c3csc(Nc4ccc(C)cc4)n3)cc2)cc1OC. The minimum absolute atomic E-state index is 0.300. The molecule has 0 bridgehead atoms. The fourth-order valence-corrected chi connectivity index (χ4v) is 4.03. The summed E-state index contributed by atoms with van der Waals surface area (Å²) < 4.78 is 10.8. The summed E-state index contributed by atoms with van der Waals surface area (Å²) in [5.41, 5.74) is 7.81. The Labute approximate surface area is 208 Å². The maximum absolute atomic E-state index is 12.5. The molecule has 7 nitrogen and oxygen atoms in total. The third-order valence-corrected chi connectivity index (χ3v) is 5.87. The van der Waals surface area contributed by atoms with Gasteiger partial charge in [-0.25, -0.2) is 10.4 Å². The lowest BCUT2D eigenvalue weighted by atomic mass is 10.1. The third-order valence-electron chi connectivity index (χ3n) is 5.12. The van der Waals surface area contributed by atoms with Crippen LogP contribution in [0.15, 0.2) is 77.2 Å². The van der Waals surface area contributed by atoms with Gasteiger partial charge >= 0.3 is 0 Å². The predicted molar refractivity (Wildman–Crippen MR) is 141 cm³/mol. The van der Waals surface area contributed by atoms with Gasteiger partial charge in [-0.1, -0.05) is 29.8 Å². The zero-order valence-electron chi connectivity index (χ0n) is 19.7. The number of aryl methyl sites for hydroxylation is 1. The van der Waals surface area contributed by atoms with Gasteiger partial charge in [-0.2, -0.15) is 5.10 Å². The number of methoxy groups -OCH3 is 1. The highest BCUT2D eigenvalue weighted by Crippen LogP contribution is 2.28. The van der Waals surface area contributed by atoms with Crippen molar-refractivity contribution < 1.29 is 14.3 Å². The Morgan fingerprint density at radius 3 is 2.54 bits per heavy atom. The molecule has 0 aliphatic rings. The second-order valence-electron chi connectivity index (χ2n) is 7.65. The molecule has 0 aliphatic heterocycles. The van der Waals surface area contributed by atoms with E-state index in [1.54, 1.807) is 31.5 Å². The minimum Gasteiger partial charge on any atom is -0.493 e. The van der Waals surface area contributed by atoms with Gasteiger partial charge in [-0.05, 0) is 61.9 Å². The summed E-state index contributed by atoms with van der Waals surface area (Å²) in [6, 6.07) is 20.9. The second kappa shape index (κ2) is 11.3. The standard InChI is InChI=1S/C27H26N4O3S/c1-4-34-24-14-7-19(15-25(24)33-3)16-28-31-26(32)21-10-8-20(9-11-21)23-17-35-27(30-23)29-22-12-5-18(2)6-13-22/h5-17H,4H2,1-3H3,(H,29,30)(H,31,32). The number of carbonyl (C=O) groups is 1. The number of nitrogens with one attached hydrogen (secondary N) is 2. The second-order valence-corrected chi connectivity index (χ2v) is 8.51. The van der Waals surface area contributed by atoms with Crippen molar-refractivity contribution in [2.45, 2.75) is 13.8 Å². The smallest absolute Gasteiger partial charge is 0.271 e. The van der Waals surface area contributed by atoms with E-state index in [0.29, 0.717) is 23.7 Å². The van der Waals surface area contributed by atoms with Gasteiger partial charge in [0.1, 0.15) is 0 Å². The molecule has 0 unspecified atom stereocenters. The van der Waals surface area contributed by atoms with Crippen molar-refractivity contribution in [3.05, 3.63) is 88.8 Å². The topological polar surface area (TPSA) is 84.8 Å². The maximum Gasteiger partial charge on any atom is 0.271 e. The first-order chi connectivity index (χ1) is 17.1. The lowest BCUT2D eigenvalue weighted by Gasteiger charge is -2.09. The summed E-state index contributed by atoms with van der Waals surface area (Å²) in [6.45, 7) is 4.52. The zero-order chi connectivity index (χ0) is 24.6. The van der Waals surface area contributed by atoms with Crippen LogP contribution in [0.1, 0.15) is 28.4 Å². The number of nitrogens with zero attached hydrogens (tertiary/aromatic N) is 2. The van der Waals surface area contributed by atoms with Crippen molar-refractivity contribution in [1.29, 1.82) is 0 Å². The van der Waals surface area contributed by atoms with Gasteiger partial charge in [0.15, 0.2) is 16.6 Å². The lowest BCUT2D eigenvalue weighted by Crippen LogP contribution is -2.17. The summed E-state index contributed by atoms with van der Waals surface area (Å²) >= 11 is 1.53. The first kappa shape index (κ1) is 24.0. The zero-order valence-corrected chi connectivity index (χ0v) is 20.6. The molecule has 0 aliphatic carbocycles. The molecule has 0 spiro atoms. The predicted octanol–water partition coefficient (Wildman–Crippen LogP) is 6.03. The number of ether oxygens (including phenoxy) is 2. The van der Waals surface area contributed by atoms with E-state index in [9.17, 15) is 4.79 Å². The van der Waals surface area contributed by atoms with Crippen LogP contribution in [0.2, 0.25) is 0 Å². The number of hydrazone groups is 1. The van der Waals surface area contributed by atoms with Crippen LogP contribution >= 0.6 is 11.3 Å². The summed E-state index contributed by atoms with van der Waals surface area (Å²) in [7, 11) is 1.58. The molecule has 1 aromatic heterocycles. The summed E-state index contributed by atoms with van der Waals surface area (Å²) in [5.74, 6) is 0.970. The fraction of sp³-hybridized carbons (Fsp3) is 0.148. The van der Waals surface area contributed by atoms with Crippen molar-refractivity contribution >= 4 is 34.3 Å². The molecule has 0 saturated heterocycles. The minimum atomic E-state index is -0.300. The van der Waals surface area contributed by atoms with Gasteiger partial charge in [0.05, 0.1) is 25.6 Å². The van der Waals surface area contributed by atoms with Gasteiger partial charge in [0, 0.05) is 22.2 Å². The van der Waals surface area contributed by atoms with Crippen LogP contribution in [0, 0.1) is 6.92 Å². The molecule has 0 atom stereocenters. The molecular formula is C27H26N4O3S. The molecule has 1 amide bonds. The maximum atomic E-state index is 12.5. The third kappa shape index (κ3) is 6.24. The van der Waals surface area contributed by atoms with Gasteiger partial charge in [0.2, 0.25) is 0 Å². The molecule has 3 aromatic carbocycles. The quantitative estimate of drug-likeness (QED) is 0.223. The summed E-state index contributed by atoms with van der Waals surface area (Å²) in [4.78, 5) is 17.1. The first-order valence-electron chi connectivity index (χ1n) is 11.1. The Bertz CT molecular complexity index is 1320. The highest BCUT2D eigenvalue weighted by atomic mass is 32.1. The van der Waals surface area contributed by atoms with Crippen molar-refractivity contribution in [2.75, 3.05) is 19.0 Å². The van der Waals surface area contributed by atoms with Crippen LogP contribution in [0.4, 0.5) is 10.8 Å². The van der Waals surface area contributed by atoms with E-state index < -0.39 is 0 Å². The van der Waals surface area contributed by atoms with Crippen LogP contribution < -0.4 is 20.2 Å². The van der Waals surface area contributed by atoms with Crippen molar-refractivity contribution in [3.8, 4) is 22.8 Å². The Balaban J connectivity index is 1.36. The van der Waals surface area contributed by atoms with Crippen LogP contribution in [-0.2, 0) is 0 Å². The number of hydrogen-bond acceptors (Lipinski definition) is 7. The molecule has 0 radical (unpaired) electrons. The molecule has 178 valence electrons. The Morgan fingerprint density at radius 2 is 1.83 bits per heavy atom. The fourth-order valence-electron chi connectivity index (χ4n) is 3.29. The largest absolute Gasteiger partial charge is 0.493 e. The number of hydrogen-bond donors (Lipinski definition) is 2. The van der Waals surface area contributed by atoms with Crippen LogP contribution in [0.25, 0.3) is 11.3 Å². The van der Waals surface area contributed by atoms with E-state index >= 15 is 0 Å². The van der Waals surface area contributed by atoms with E-state index in [1.807, 2.05) is 48.7 Å². The number of anilines is 2. The number of rotatable bonds is 9. The van der Waals surface area contributed by atoms with Crippen molar-refractivity contribution in [2.24, 2.45) is 5.10 Å². The molecule has 2 N–H and O–H groups in total. The highest BCUT2D eigenvalue weighted by Gasteiger charge is 2.09. The number of amides is 1. The van der Waals surface area contributed by atoms with E-state index in [-0.39, 0.29) is 5.91 Å². The normalized spacial score (nSPS) is 10.8. The van der Waals surface area contributed by atoms with Crippen LogP contribution in [-0.4, -0.2) is 30.8 Å². The molecule has 4 aromatic rings. The summed E-state index contributed by atoms with van der Waals surface area (Å²) in [6.07, 6.45) is 1.56. The van der Waals surface area contributed by atoms with Gasteiger partial charge < -0.3 is 14.8 Å². The molecule has 8 heteroatoms. The Morgan fingerprint density at radius 1 is 1.06 bits per heavy atom. The number of aromatic nitrogens is 1. The molecular weight excluding hydrogens is 460 g/mol. The molecule has 4 rings (SSSR count). The van der Waals surface area contributed by atoms with Gasteiger partial charge in [0.25, 0.3) is 5.91 Å². The monoisotopic (exact) mass is 486 g/mol. The van der Waals surface area contributed by atoms with E-state index in [4.69, 9.17) is 9.47 Å². The Hall–Kier alpha value is -4.17. The lowest BCUT2D eigenvalue weighted by molar-refractivity contribution is 0.0955. The average molecular weight is 487 g/mol. The van der Waals surface area contributed by atoms with E-state index in [1.165, 1.54) is 16.9 Å². The molecule has 1 heterocycles. The van der Waals surface area contributed by atoms with Crippen LogP contribution in [0.5, 0.6) is 11.5 Å². The van der Waals surface area contributed by atoms with Crippen molar-refractivity contribution in [3.63, 3.8) is 0 Å². The number of thiazole rings is 1. The average Bonchev–Trinajstić information content (AvgIpc) is 3.35. The van der Waals surface area contributed by atoms with Crippen molar-refractivity contribution in [1.82, 2.24) is 10.4 Å². The molecule has 35 heavy (non-hydrogen) atoms. The number of carbonyl (C=O) groups excluding carboxylic acids is 1. The van der Waals surface area contributed by atoms with E-state index in [2.05, 4.69) is 39.9 Å². The highest BCUT2D eigenvalue weighted by molar-refractivity contribution is 7.14. The number of benzene rings is 3. The first-order valence-corrected chi connectivity index (χ1v) is 12.0. The van der Waals surface area contributed by atoms with Gasteiger partial charge in [-0.3, -0.25) is 4.79 Å². The summed E-state index contributed by atoms with van der Waals surface area (Å²) in [5, 5.41) is 10.2. The Kier molecular flexibility index (Phi) is 7.74. The molecule has 0 saturated carbocycles. The van der Waals surface area contributed by atoms with Crippen LogP contribution in [0.3, 0.4) is 0 Å². The van der Waals surface area contributed by atoms with E-state index in [0.717, 1.165) is 27.6 Å². The van der Waals surface area contributed by atoms with Gasteiger partial charge in [-0.15, -0.1) is 11.3 Å².